The molecule has 4 nitrogen and oxygen atoms in total. The van der Waals surface area contributed by atoms with Crippen molar-refractivity contribution >= 4 is 6.47 Å². The molecule has 1 rings (SSSR count). The summed E-state index contributed by atoms with van der Waals surface area (Å²) in [6.07, 6.45) is -1.61. The van der Waals surface area contributed by atoms with Crippen LogP contribution in [0.5, 0.6) is 0 Å². The first-order valence-corrected chi connectivity index (χ1v) is 3.51. The first-order valence-electron chi connectivity index (χ1n) is 3.51. The highest BCUT2D eigenvalue weighted by Crippen LogP contribution is 2.21. The number of hydrogen-bond donors (Lipinski definition) is 0. The summed E-state index contributed by atoms with van der Waals surface area (Å²) in [7, 11) is 0. The van der Waals surface area contributed by atoms with E-state index < -0.39 is 12.2 Å². The van der Waals surface area contributed by atoms with Gasteiger partial charge in [0.15, 0.2) is 12.2 Å². The predicted molar refractivity (Wildman–Crippen MR) is 37.2 cm³/mol. The Kier molecular flexibility index (Phi) is 3.36. The van der Waals surface area contributed by atoms with Crippen LogP contribution in [-0.2, 0) is 16.0 Å². The molecule has 0 aromatic carbocycles. The summed E-state index contributed by atoms with van der Waals surface area (Å²) >= 11 is 0. The lowest BCUT2D eigenvalue weighted by Gasteiger charge is -1.98. The third kappa shape index (κ3) is 2.50. The number of carbonyl (C=O) groups excluding carboxylic acids is 1. The van der Waals surface area contributed by atoms with E-state index in [0.29, 0.717) is 0 Å². The van der Waals surface area contributed by atoms with E-state index in [1.807, 2.05) is 0 Å². The molecule has 0 aliphatic rings. The quantitative estimate of drug-likeness (QED) is 0.520. The van der Waals surface area contributed by atoms with Crippen molar-refractivity contribution in [1.82, 2.24) is 4.98 Å². The van der Waals surface area contributed by atoms with Gasteiger partial charge in [0.05, 0.1) is 12.3 Å². The smallest absolute Gasteiger partial charge is 0.297 e. The van der Waals surface area contributed by atoms with Crippen molar-refractivity contribution in [2.45, 2.75) is 12.8 Å². The summed E-state index contributed by atoms with van der Waals surface area (Å²) < 4.78 is 33.0. The molecule has 0 aliphatic heterocycles. The molecule has 13 heavy (non-hydrogen) atoms. The Morgan fingerprint density at radius 3 is 3.08 bits per heavy atom. The van der Waals surface area contributed by atoms with Crippen LogP contribution in [0.2, 0.25) is 0 Å². The fourth-order valence-electron chi connectivity index (χ4n) is 0.847. The molecule has 1 aromatic heterocycles. The highest BCUT2D eigenvalue weighted by atomic mass is 19.3. The van der Waals surface area contributed by atoms with Gasteiger partial charge < -0.3 is 9.15 Å². The zero-order chi connectivity index (χ0) is 9.68. The van der Waals surface area contributed by atoms with Crippen LogP contribution in [0, 0.1) is 0 Å². The second-order valence-corrected chi connectivity index (χ2v) is 2.18. The minimum absolute atomic E-state index is 0.0236. The van der Waals surface area contributed by atoms with Crippen molar-refractivity contribution in [2.24, 2.45) is 0 Å². The van der Waals surface area contributed by atoms with E-state index in [4.69, 9.17) is 0 Å². The van der Waals surface area contributed by atoms with Gasteiger partial charge in [0.25, 0.3) is 12.9 Å². The van der Waals surface area contributed by atoms with Crippen LogP contribution in [0.1, 0.15) is 17.9 Å². The van der Waals surface area contributed by atoms with Crippen LogP contribution in [0.25, 0.3) is 0 Å². The standard InChI is InChI=1S/C7H7F2NO3/c8-7(9)6-5(10-3-13-6)1-2-12-4-11/h3-4,7H,1-2H2. The van der Waals surface area contributed by atoms with Crippen molar-refractivity contribution in [2.75, 3.05) is 6.61 Å². The Morgan fingerprint density at radius 1 is 1.69 bits per heavy atom. The molecule has 1 aromatic rings. The molecule has 0 aliphatic carbocycles. The molecule has 0 atom stereocenters. The zero-order valence-electron chi connectivity index (χ0n) is 6.57. The Hall–Kier alpha value is -1.46. The molecule has 0 unspecified atom stereocenters. The fourth-order valence-corrected chi connectivity index (χ4v) is 0.847. The fraction of sp³-hybridized carbons (Fsp3) is 0.429. The van der Waals surface area contributed by atoms with Crippen molar-refractivity contribution in [3.05, 3.63) is 17.8 Å². The number of carbonyl (C=O) groups is 1. The van der Waals surface area contributed by atoms with Gasteiger partial charge in [-0.3, -0.25) is 4.79 Å². The number of alkyl halides is 2. The van der Waals surface area contributed by atoms with E-state index in [0.717, 1.165) is 6.39 Å². The van der Waals surface area contributed by atoms with Gasteiger partial charge in [0.1, 0.15) is 0 Å². The van der Waals surface area contributed by atoms with Crippen molar-refractivity contribution in [3.8, 4) is 0 Å². The van der Waals surface area contributed by atoms with Crippen LogP contribution >= 0.6 is 0 Å². The number of aromatic nitrogens is 1. The highest BCUT2D eigenvalue weighted by molar-refractivity contribution is 5.36. The van der Waals surface area contributed by atoms with Crippen LogP contribution in [0.3, 0.4) is 0 Å². The Labute approximate surface area is 72.5 Å². The number of halogens is 2. The molecule has 0 bridgehead atoms. The number of ether oxygens (including phenoxy) is 1. The van der Waals surface area contributed by atoms with Gasteiger partial charge in [-0.25, -0.2) is 13.8 Å². The van der Waals surface area contributed by atoms with Gasteiger partial charge in [-0.1, -0.05) is 0 Å². The Morgan fingerprint density at radius 2 is 2.46 bits per heavy atom. The topological polar surface area (TPSA) is 52.3 Å². The maximum atomic E-state index is 12.1. The summed E-state index contributed by atoms with van der Waals surface area (Å²) in [5, 5.41) is 0. The lowest BCUT2D eigenvalue weighted by molar-refractivity contribution is -0.128. The number of nitrogens with zero attached hydrogens (tertiary/aromatic N) is 1. The molecule has 0 saturated carbocycles. The molecule has 1 heterocycles. The maximum Gasteiger partial charge on any atom is 0.297 e. The number of hydrogen-bond acceptors (Lipinski definition) is 4. The molecule has 0 radical (unpaired) electrons. The van der Waals surface area contributed by atoms with E-state index in [2.05, 4.69) is 14.1 Å². The average Bonchev–Trinajstić information content (AvgIpc) is 2.53. The first kappa shape index (κ1) is 9.63. The van der Waals surface area contributed by atoms with Gasteiger partial charge >= 0.3 is 0 Å². The monoisotopic (exact) mass is 191 g/mol. The second kappa shape index (κ2) is 4.54. The second-order valence-electron chi connectivity index (χ2n) is 2.18. The Bertz CT molecular complexity index is 274. The third-order valence-electron chi connectivity index (χ3n) is 1.40. The molecule has 0 fully saturated rings. The van der Waals surface area contributed by atoms with E-state index in [-0.39, 0.29) is 25.2 Å². The van der Waals surface area contributed by atoms with Gasteiger partial charge in [-0.15, -0.1) is 0 Å². The summed E-state index contributed by atoms with van der Waals surface area (Å²) in [5.74, 6) is -0.463. The molecule has 0 amide bonds. The molecule has 0 saturated heterocycles. The van der Waals surface area contributed by atoms with E-state index in [1.54, 1.807) is 0 Å². The normalized spacial score (nSPS) is 10.4. The maximum absolute atomic E-state index is 12.1. The number of rotatable bonds is 5. The van der Waals surface area contributed by atoms with Crippen molar-refractivity contribution < 1.29 is 22.7 Å². The van der Waals surface area contributed by atoms with Crippen LogP contribution in [0.4, 0.5) is 8.78 Å². The zero-order valence-corrected chi connectivity index (χ0v) is 6.57. The van der Waals surface area contributed by atoms with Crippen LogP contribution < -0.4 is 0 Å². The van der Waals surface area contributed by atoms with Gasteiger partial charge in [-0.05, 0) is 0 Å². The number of oxazole rings is 1. The highest BCUT2D eigenvalue weighted by Gasteiger charge is 2.17. The average molecular weight is 191 g/mol. The summed E-state index contributed by atoms with van der Waals surface area (Å²) in [4.78, 5) is 13.3. The third-order valence-corrected chi connectivity index (χ3v) is 1.40. The SMILES string of the molecule is O=COCCc1ncoc1C(F)F. The minimum atomic E-state index is -2.69. The van der Waals surface area contributed by atoms with E-state index in [9.17, 15) is 13.6 Å². The molecule has 0 N–H and O–H groups in total. The van der Waals surface area contributed by atoms with E-state index in [1.165, 1.54) is 0 Å². The van der Waals surface area contributed by atoms with Gasteiger partial charge in [0, 0.05) is 6.42 Å². The lowest BCUT2D eigenvalue weighted by atomic mass is 10.3. The molecular weight excluding hydrogens is 184 g/mol. The molecule has 6 heteroatoms. The minimum Gasteiger partial charge on any atom is -0.467 e. The van der Waals surface area contributed by atoms with Crippen molar-refractivity contribution in [3.63, 3.8) is 0 Å². The molecule has 0 spiro atoms. The largest absolute Gasteiger partial charge is 0.467 e. The molecular formula is C7H7F2NO3. The van der Waals surface area contributed by atoms with E-state index >= 15 is 0 Å². The lowest BCUT2D eigenvalue weighted by Crippen LogP contribution is -1.99. The van der Waals surface area contributed by atoms with Crippen LogP contribution in [-0.4, -0.2) is 18.1 Å². The van der Waals surface area contributed by atoms with Crippen molar-refractivity contribution in [1.29, 1.82) is 0 Å². The summed E-state index contributed by atoms with van der Waals surface area (Å²) in [6, 6.07) is 0. The predicted octanol–water partition coefficient (Wildman–Crippen LogP) is 1.33. The Balaban J connectivity index is 2.55. The summed E-state index contributed by atoms with van der Waals surface area (Å²) in [6.45, 7) is 0.276. The van der Waals surface area contributed by atoms with Gasteiger partial charge in [0.2, 0.25) is 0 Å². The molecule has 72 valence electrons. The summed E-state index contributed by atoms with van der Waals surface area (Å²) in [5.41, 5.74) is 0.122. The van der Waals surface area contributed by atoms with Crippen LogP contribution in [0.15, 0.2) is 10.8 Å². The van der Waals surface area contributed by atoms with Gasteiger partial charge in [-0.2, -0.15) is 0 Å². The first-order chi connectivity index (χ1) is 6.25.